The Labute approximate surface area is 140 Å². The van der Waals surface area contributed by atoms with Crippen molar-refractivity contribution in [3.05, 3.63) is 0 Å². The Kier molecular flexibility index (Phi) is 7.77. The van der Waals surface area contributed by atoms with Gasteiger partial charge in [-0.3, -0.25) is 0 Å². The molecule has 2 N–H and O–H groups in total. The van der Waals surface area contributed by atoms with Gasteiger partial charge in [-0.05, 0) is 54.4 Å². The Morgan fingerprint density at radius 2 is 2.00 bits per heavy atom. The van der Waals surface area contributed by atoms with Crippen LogP contribution in [0, 0.1) is 0 Å². The van der Waals surface area contributed by atoms with Gasteiger partial charge in [-0.15, -0.1) is 0 Å². The number of carbonyl (C=O) groups is 1. The fraction of sp³-hybridized carbons (Fsp3) is 0.941. The Bertz CT molecular complexity index is 368. The third-order valence-electron chi connectivity index (χ3n) is 3.74. The molecule has 0 bridgehead atoms. The third kappa shape index (κ3) is 7.99. The van der Waals surface area contributed by atoms with Crippen LogP contribution < -0.4 is 5.32 Å². The average Bonchev–Trinajstić information content (AvgIpc) is 2.35. The van der Waals surface area contributed by atoms with Crippen molar-refractivity contribution in [3.63, 3.8) is 0 Å². The molecule has 0 spiro atoms. The second-order valence-corrected chi connectivity index (χ2v) is 7.69. The average molecular weight is 330 g/mol. The van der Waals surface area contributed by atoms with Crippen LogP contribution in [-0.2, 0) is 9.47 Å². The van der Waals surface area contributed by atoms with E-state index in [2.05, 4.69) is 19.2 Å². The summed E-state index contributed by atoms with van der Waals surface area (Å²) in [6, 6.07) is 0.463. The van der Waals surface area contributed by atoms with Crippen molar-refractivity contribution in [2.75, 3.05) is 19.8 Å². The fourth-order valence-electron chi connectivity index (χ4n) is 2.95. The van der Waals surface area contributed by atoms with Gasteiger partial charge in [-0.1, -0.05) is 0 Å². The number of aliphatic hydroxyl groups is 1. The van der Waals surface area contributed by atoms with E-state index < -0.39 is 5.60 Å². The van der Waals surface area contributed by atoms with E-state index in [1.165, 1.54) is 0 Å². The maximum atomic E-state index is 12.4. The lowest BCUT2D eigenvalue weighted by Crippen LogP contribution is -2.52. The quantitative estimate of drug-likeness (QED) is 0.781. The van der Waals surface area contributed by atoms with Crippen molar-refractivity contribution in [2.24, 2.45) is 0 Å². The first-order chi connectivity index (χ1) is 10.6. The van der Waals surface area contributed by atoms with Gasteiger partial charge in [-0.2, -0.15) is 0 Å². The number of hydrogen-bond acceptors (Lipinski definition) is 5. The summed E-state index contributed by atoms with van der Waals surface area (Å²) in [7, 11) is 0. The second-order valence-electron chi connectivity index (χ2n) is 7.69. The maximum Gasteiger partial charge on any atom is 0.410 e. The van der Waals surface area contributed by atoms with E-state index in [0.29, 0.717) is 26.2 Å². The van der Waals surface area contributed by atoms with Crippen molar-refractivity contribution in [1.82, 2.24) is 10.2 Å². The van der Waals surface area contributed by atoms with Gasteiger partial charge >= 0.3 is 6.09 Å². The van der Waals surface area contributed by atoms with E-state index in [4.69, 9.17) is 9.47 Å². The molecular weight excluding hydrogens is 296 g/mol. The molecule has 1 saturated heterocycles. The molecule has 1 aliphatic heterocycles. The van der Waals surface area contributed by atoms with Crippen LogP contribution in [0.5, 0.6) is 0 Å². The van der Waals surface area contributed by atoms with Crippen LogP contribution in [0.4, 0.5) is 4.79 Å². The summed E-state index contributed by atoms with van der Waals surface area (Å²) in [4.78, 5) is 14.2. The molecule has 1 amide bonds. The molecular formula is C17H34N2O4. The standard InChI is InChI=1S/C17H34N2O4/c1-12(9-14(3)20)18-13(2)10-15-11-22-8-7-19(15)16(21)23-17(4,5)6/h12-15,18,20H,7-11H2,1-6H3. The van der Waals surface area contributed by atoms with Crippen LogP contribution in [0.1, 0.15) is 54.4 Å². The first kappa shape index (κ1) is 20.2. The minimum absolute atomic E-state index is 0.0137. The van der Waals surface area contributed by atoms with E-state index >= 15 is 0 Å². The summed E-state index contributed by atoms with van der Waals surface area (Å²) in [5.74, 6) is 0. The van der Waals surface area contributed by atoms with Crippen LogP contribution in [0.3, 0.4) is 0 Å². The van der Waals surface area contributed by atoms with Gasteiger partial charge in [0, 0.05) is 18.6 Å². The summed E-state index contributed by atoms with van der Waals surface area (Å²) < 4.78 is 11.0. The minimum Gasteiger partial charge on any atom is -0.444 e. The molecule has 0 aliphatic carbocycles. The van der Waals surface area contributed by atoms with Crippen LogP contribution in [0.2, 0.25) is 0 Å². The molecule has 4 atom stereocenters. The molecule has 0 radical (unpaired) electrons. The molecule has 0 aromatic carbocycles. The van der Waals surface area contributed by atoms with Crippen molar-refractivity contribution >= 4 is 6.09 Å². The SMILES string of the molecule is CC(O)CC(C)NC(C)CC1COCCN1C(=O)OC(C)(C)C. The lowest BCUT2D eigenvalue weighted by molar-refractivity contribution is -0.0357. The summed E-state index contributed by atoms with van der Waals surface area (Å²) in [5.41, 5.74) is -0.490. The fourth-order valence-corrected chi connectivity index (χ4v) is 2.95. The monoisotopic (exact) mass is 330 g/mol. The predicted molar refractivity (Wildman–Crippen MR) is 90.5 cm³/mol. The highest BCUT2D eigenvalue weighted by atomic mass is 16.6. The number of aliphatic hydroxyl groups excluding tert-OH is 1. The molecule has 4 unspecified atom stereocenters. The zero-order valence-electron chi connectivity index (χ0n) is 15.5. The third-order valence-corrected chi connectivity index (χ3v) is 3.74. The molecule has 1 rings (SSSR count). The van der Waals surface area contributed by atoms with Crippen LogP contribution in [0.25, 0.3) is 0 Å². The molecule has 1 aliphatic rings. The summed E-state index contributed by atoms with van der Waals surface area (Å²) in [6.07, 6.45) is 0.918. The van der Waals surface area contributed by atoms with E-state index in [0.717, 1.165) is 6.42 Å². The van der Waals surface area contributed by atoms with Gasteiger partial charge in [0.25, 0.3) is 0 Å². The topological polar surface area (TPSA) is 71.0 Å². The molecule has 136 valence electrons. The Balaban J connectivity index is 2.55. The van der Waals surface area contributed by atoms with Gasteiger partial charge < -0.3 is 24.8 Å². The molecule has 0 saturated carbocycles. The number of nitrogens with zero attached hydrogens (tertiary/aromatic N) is 1. The van der Waals surface area contributed by atoms with Crippen LogP contribution >= 0.6 is 0 Å². The predicted octanol–water partition coefficient (Wildman–Crippen LogP) is 2.15. The summed E-state index contributed by atoms with van der Waals surface area (Å²) in [6.45, 7) is 13.2. The van der Waals surface area contributed by atoms with Crippen LogP contribution in [-0.4, -0.2) is 65.7 Å². The Hall–Kier alpha value is -0.850. The summed E-state index contributed by atoms with van der Waals surface area (Å²) >= 11 is 0. The van der Waals surface area contributed by atoms with E-state index in [1.54, 1.807) is 11.8 Å². The van der Waals surface area contributed by atoms with Gasteiger partial charge in [-0.25, -0.2) is 4.79 Å². The number of ether oxygens (including phenoxy) is 2. The van der Waals surface area contributed by atoms with Gasteiger partial charge in [0.2, 0.25) is 0 Å². The largest absolute Gasteiger partial charge is 0.444 e. The van der Waals surface area contributed by atoms with Gasteiger partial charge in [0.1, 0.15) is 5.60 Å². The molecule has 0 aromatic heterocycles. The maximum absolute atomic E-state index is 12.4. The van der Waals surface area contributed by atoms with Crippen molar-refractivity contribution in [1.29, 1.82) is 0 Å². The normalized spacial score (nSPS) is 23.3. The number of rotatable bonds is 6. The lowest BCUT2D eigenvalue weighted by Gasteiger charge is -2.38. The van der Waals surface area contributed by atoms with Gasteiger partial charge in [0.15, 0.2) is 0 Å². The molecule has 23 heavy (non-hydrogen) atoms. The zero-order chi connectivity index (χ0) is 17.6. The number of nitrogens with one attached hydrogen (secondary N) is 1. The highest BCUT2D eigenvalue weighted by Crippen LogP contribution is 2.18. The van der Waals surface area contributed by atoms with Crippen molar-refractivity contribution < 1.29 is 19.4 Å². The highest BCUT2D eigenvalue weighted by molar-refractivity contribution is 5.68. The molecule has 1 heterocycles. The Morgan fingerprint density at radius 1 is 1.35 bits per heavy atom. The first-order valence-corrected chi connectivity index (χ1v) is 8.60. The van der Waals surface area contributed by atoms with Crippen LogP contribution in [0.15, 0.2) is 0 Å². The summed E-state index contributed by atoms with van der Waals surface area (Å²) in [5, 5.41) is 12.9. The zero-order valence-corrected chi connectivity index (χ0v) is 15.5. The van der Waals surface area contributed by atoms with Crippen molar-refractivity contribution in [3.8, 4) is 0 Å². The number of carbonyl (C=O) groups excluding carboxylic acids is 1. The Morgan fingerprint density at radius 3 is 2.57 bits per heavy atom. The van der Waals surface area contributed by atoms with E-state index in [9.17, 15) is 9.90 Å². The molecule has 6 nitrogen and oxygen atoms in total. The molecule has 1 fully saturated rings. The van der Waals surface area contributed by atoms with E-state index in [-0.39, 0.29) is 30.3 Å². The number of hydrogen-bond donors (Lipinski definition) is 2. The van der Waals surface area contributed by atoms with Gasteiger partial charge in [0.05, 0.1) is 25.4 Å². The number of morpholine rings is 1. The lowest BCUT2D eigenvalue weighted by atomic mass is 10.0. The van der Waals surface area contributed by atoms with Crippen molar-refractivity contribution in [2.45, 2.75) is 84.2 Å². The number of amides is 1. The first-order valence-electron chi connectivity index (χ1n) is 8.60. The molecule has 6 heteroatoms. The van der Waals surface area contributed by atoms with E-state index in [1.807, 2.05) is 20.8 Å². The smallest absolute Gasteiger partial charge is 0.410 e. The highest BCUT2D eigenvalue weighted by Gasteiger charge is 2.32. The molecule has 0 aromatic rings. The minimum atomic E-state index is -0.490. The second kappa shape index (κ2) is 8.85.